The predicted molar refractivity (Wildman–Crippen MR) is 62.6 cm³/mol. The molecule has 3 rings (SSSR count). The third-order valence-electron chi connectivity index (χ3n) is 2.88. The van der Waals surface area contributed by atoms with Crippen LogP contribution in [0.4, 0.5) is 11.5 Å². The van der Waals surface area contributed by atoms with E-state index in [2.05, 4.69) is 10.3 Å². The third-order valence-corrected chi connectivity index (χ3v) is 2.88. The van der Waals surface area contributed by atoms with Gasteiger partial charge in [0.05, 0.1) is 6.10 Å². The van der Waals surface area contributed by atoms with Crippen LogP contribution in [0.1, 0.15) is 17.2 Å². The molecule has 1 aliphatic rings. The maximum atomic E-state index is 10.1. The fourth-order valence-corrected chi connectivity index (χ4v) is 2.06. The Labute approximate surface area is 93.8 Å². The second kappa shape index (κ2) is 3.61. The third kappa shape index (κ3) is 1.46. The molecule has 0 spiro atoms. The molecule has 3 nitrogen and oxygen atoms in total. The van der Waals surface area contributed by atoms with E-state index in [1.54, 1.807) is 6.20 Å². The maximum absolute atomic E-state index is 10.1. The first-order valence-corrected chi connectivity index (χ1v) is 5.32. The molecule has 1 atom stereocenters. The summed E-state index contributed by atoms with van der Waals surface area (Å²) in [7, 11) is 0. The molecule has 0 fully saturated rings. The first kappa shape index (κ1) is 9.36. The van der Waals surface area contributed by atoms with Gasteiger partial charge in [0.25, 0.3) is 0 Å². The summed E-state index contributed by atoms with van der Waals surface area (Å²) in [6, 6.07) is 11.7. The lowest BCUT2D eigenvalue weighted by Gasteiger charge is -2.09. The van der Waals surface area contributed by atoms with Gasteiger partial charge in [-0.3, -0.25) is 0 Å². The molecule has 0 aliphatic carbocycles. The van der Waals surface area contributed by atoms with Crippen molar-refractivity contribution in [1.29, 1.82) is 0 Å². The van der Waals surface area contributed by atoms with Gasteiger partial charge in [0.1, 0.15) is 5.82 Å². The molecule has 1 aromatic heterocycles. The van der Waals surface area contributed by atoms with Gasteiger partial charge in [0, 0.05) is 23.9 Å². The number of hydrogen-bond donors (Lipinski definition) is 2. The molecule has 0 saturated heterocycles. The molecule has 0 bridgehead atoms. The van der Waals surface area contributed by atoms with Gasteiger partial charge in [0.15, 0.2) is 0 Å². The van der Waals surface area contributed by atoms with Gasteiger partial charge in [-0.25, -0.2) is 4.98 Å². The zero-order valence-electron chi connectivity index (χ0n) is 8.72. The van der Waals surface area contributed by atoms with Crippen molar-refractivity contribution in [3.63, 3.8) is 0 Å². The molecule has 2 heterocycles. The van der Waals surface area contributed by atoms with Crippen LogP contribution in [0.3, 0.4) is 0 Å². The van der Waals surface area contributed by atoms with Gasteiger partial charge in [-0.15, -0.1) is 0 Å². The van der Waals surface area contributed by atoms with E-state index in [1.165, 1.54) is 0 Å². The summed E-state index contributed by atoms with van der Waals surface area (Å²) in [5.41, 5.74) is 3.01. The molecule has 3 heteroatoms. The maximum Gasteiger partial charge on any atom is 0.136 e. The number of hydrogen-bond acceptors (Lipinski definition) is 3. The Morgan fingerprint density at radius 3 is 3.00 bits per heavy atom. The summed E-state index contributed by atoms with van der Waals surface area (Å²) in [5, 5.41) is 13.4. The van der Waals surface area contributed by atoms with E-state index in [1.807, 2.05) is 36.4 Å². The van der Waals surface area contributed by atoms with E-state index >= 15 is 0 Å². The number of rotatable bonds is 0. The summed E-state index contributed by atoms with van der Waals surface area (Å²) in [6.07, 6.45) is 1.87. The summed E-state index contributed by atoms with van der Waals surface area (Å²) in [4.78, 5) is 4.26. The first-order valence-electron chi connectivity index (χ1n) is 5.32. The fraction of sp³-hybridized carbons (Fsp3) is 0.154. The number of para-hydroxylation sites is 1. The molecule has 0 saturated carbocycles. The van der Waals surface area contributed by atoms with Gasteiger partial charge in [-0.2, -0.15) is 0 Å². The van der Waals surface area contributed by atoms with Crippen LogP contribution in [-0.2, 0) is 6.42 Å². The van der Waals surface area contributed by atoms with E-state index in [-0.39, 0.29) is 0 Å². The average Bonchev–Trinajstić information content (AvgIpc) is 2.45. The standard InChI is InChI=1S/C13H12N2O/c16-12-8-9-4-1-2-6-11(9)15-13-10(12)5-3-7-14-13/h1-7,12,16H,8H2,(H,14,15). The average molecular weight is 212 g/mol. The van der Waals surface area contributed by atoms with Crippen molar-refractivity contribution in [2.45, 2.75) is 12.5 Å². The highest BCUT2D eigenvalue weighted by atomic mass is 16.3. The summed E-state index contributed by atoms with van der Waals surface area (Å²) in [5.74, 6) is 0.750. The molecule has 0 amide bonds. The number of aromatic nitrogens is 1. The van der Waals surface area contributed by atoms with Crippen LogP contribution in [-0.4, -0.2) is 10.1 Å². The van der Waals surface area contributed by atoms with Crippen LogP contribution < -0.4 is 5.32 Å². The zero-order chi connectivity index (χ0) is 11.0. The Balaban J connectivity index is 2.15. The fourth-order valence-electron chi connectivity index (χ4n) is 2.06. The highest BCUT2D eigenvalue weighted by Crippen LogP contribution is 2.33. The smallest absolute Gasteiger partial charge is 0.136 e. The monoisotopic (exact) mass is 212 g/mol. The predicted octanol–water partition coefficient (Wildman–Crippen LogP) is 2.41. The Bertz CT molecular complexity index is 525. The normalized spacial score (nSPS) is 17.9. The van der Waals surface area contributed by atoms with E-state index in [4.69, 9.17) is 0 Å². The van der Waals surface area contributed by atoms with Gasteiger partial charge < -0.3 is 10.4 Å². The Morgan fingerprint density at radius 2 is 2.06 bits per heavy atom. The largest absolute Gasteiger partial charge is 0.388 e. The molecule has 2 N–H and O–H groups in total. The number of benzene rings is 1. The summed E-state index contributed by atoms with van der Waals surface area (Å²) >= 11 is 0. The van der Waals surface area contributed by atoms with Crippen LogP contribution in [0.2, 0.25) is 0 Å². The van der Waals surface area contributed by atoms with Crippen molar-refractivity contribution >= 4 is 11.5 Å². The van der Waals surface area contributed by atoms with Crippen molar-refractivity contribution in [2.24, 2.45) is 0 Å². The van der Waals surface area contributed by atoms with Gasteiger partial charge in [-0.05, 0) is 17.7 Å². The van der Waals surface area contributed by atoms with Crippen molar-refractivity contribution in [2.75, 3.05) is 5.32 Å². The van der Waals surface area contributed by atoms with E-state index in [0.29, 0.717) is 6.42 Å². The van der Waals surface area contributed by atoms with Gasteiger partial charge >= 0.3 is 0 Å². The number of nitrogens with one attached hydrogen (secondary N) is 1. The Morgan fingerprint density at radius 1 is 1.19 bits per heavy atom. The lowest BCUT2D eigenvalue weighted by atomic mass is 10.0. The lowest BCUT2D eigenvalue weighted by molar-refractivity contribution is 0.180. The number of nitrogens with zero attached hydrogens (tertiary/aromatic N) is 1. The van der Waals surface area contributed by atoms with Crippen LogP contribution in [0, 0.1) is 0 Å². The van der Waals surface area contributed by atoms with Crippen molar-refractivity contribution in [1.82, 2.24) is 4.98 Å². The molecule has 1 aliphatic heterocycles. The van der Waals surface area contributed by atoms with Crippen LogP contribution in [0.15, 0.2) is 42.6 Å². The van der Waals surface area contributed by atoms with Crippen LogP contribution in [0.5, 0.6) is 0 Å². The molecule has 80 valence electrons. The van der Waals surface area contributed by atoms with Crippen molar-refractivity contribution < 1.29 is 5.11 Å². The second-order valence-corrected chi connectivity index (χ2v) is 3.94. The molecule has 0 radical (unpaired) electrons. The number of fused-ring (bicyclic) bond motifs is 2. The van der Waals surface area contributed by atoms with Gasteiger partial charge in [-0.1, -0.05) is 24.3 Å². The minimum atomic E-state index is -0.486. The van der Waals surface area contributed by atoms with Crippen LogP contribution >= 0.6 is 0 Å². The molecular weight excluding hydrogens is 200 g/mol. The number of aliphatic hydroxyl groups is 1. The van der Waals surface area contributed by atoms with E-state index < -0.39 is 6.10 Å². The zero-order valence-corrected chi connectivity index (χ0v) is 8.72. The molecule has 2 aromatic rings. The molecule has 16 heavy (non-hydrogen) atoms. The first-order chi connectivity index (χ1) is 7.84. The minimum absolute atomic E-state index is 0.486. The summed E-state index contributed by atoms with van der Waals surface area (Å²) in [6.45, 7) is 0. The van der Waals surface area contributed by atoms with Crippen molar-refractivity contribution in [3.8, 4) is 0 Å². The molecular formula is C13H12N2O. The highest BCUT2D eigenvalue weighted by molar-refractivity contribution is 5.65. The van der Waals surface area contributed by atoms with Crippen LogP contribution in [0.25, 0.3) is 0 Å². The Hall–Kier alpha value is -1.87. The summed E-state index contributed by atoms with van der Waals surface area (Å²) < 4.78 is 0. The second-order valence-electron chi connectivity index (χ2n) is 3.94. The molecule has 1 unspecified atom stereocenters. The number of anilines is 2. The molecule has 1 aromatic carbocycles. The van der Waals surface area contributed by atoms with Gasteiger partial charge in [0.2, 0.25) is 0 Å². The Kier molecular flexibility index (Phi) is 2.11. The topological polar surface area (TPSA) is 45.1 Å². The number of aliphatic hydroxyl groups excluding tert-OH is 1. The van der Waals surface area contributed by atoms with E-state index in [9.17, 15) is 5.11 Å². The SMILES string of the molecule is OC1Cc2ccccc2Nc2ncccc21. The quantitative estimate of drug-likeness (QED) is 0.705. The van der Waals surface area contributed by atoms with E-state index in [0.717, 1.165) is 22.6 Å². The number of pyridine rings is 1. The highest BCUT2D eigenvalue weighted by Gasteiger charge is 2.19. The lowest BCUT2D eigenvalue weighted by Crippen LogP contribution is -2.01. The minimum Gasteiger partial charge on any atom is -0.388 e. The van der Waals surface area contributed by atoms with Crippen molar-refractivity contribution in [3.05, 3.63) is 53.7 Å².